The average Bonchev–Trinajstić information content (AvgIpc) is 2.89. The van der Waals surface area contributed by atoms with Crippen molar-refractivity contribution >= 4 is 29.3 Å². The number of nitrogens with zero attached hydrogens (tertiary/aromatic N) is 1. The molecule has 1 aliphatic rings. The fourth-order valence-electron chi connectivity index (χ4n) is 3.44. The molecule has 0 saturated carbocycles. The minimum atomic E-state index is -0.830. The normalized spacial score (nSPS) is 24.6. The lowest BCUT2D eigenvalue weighted by atomic mass is 9.87. The van der Waals surface area contributed by atoms with Gasteiger partial charge in [0.2, 0.25) is 0 Å². The van der Waals surface area contributed by atoms with Crippen LogP contribution in [0.5, 0.6) is 0 Å². The second kappa shape index (κ2) is 8.79. The van der Waals surface area contributed by atoms with Crippen LogP contribution in [0.2, 0.25) is 5.02 Å². The van der Waals surface area contributed by atoms with Crippen molar-refractivity contribution in [1.29, 1.82) is 0 Å². The third-order valence-electron chi connectivity index (χ3n) is 4.64. The maximum Gasteiger partial charge on any atom is 0.410 e. The first kappa shape index (κ1) is 21.3. The molecule has 1 saturated heterocycles. The van der Waals surface area contributed by atoms with E-state index in [-0.39, 0.29) is 18.4 Å². The Kier molecular flexibility index (Phi) is 7.19. The number of alkyl halides is 1. The molecule has 0 bridgehead atoms. The van der Waals surface area contributed by atoms with Crippen LogP contribution in [0.4, 0.5) is 4.79 Å². The Hall–Kier alpha value is -1.01. The van der Waals surface area contributed by atoms with Crippen LogP contribution in [0.25, 0.3) is 0 Å². The Labute approximate surface area is 164 Å². The van der Waals surface area contributed by atoms with Crippen LogP contribution in [-0.4, -0.2) is 58.0 Å². The van der Waals surface area contributed by atoms with Crippen LogP contribution in [0.15, 0.2) is 24.3 Å². The summed E-state index contributed by atoms with van der Waals surface area (Å²) in [5.41, 5.74) is 0.243. The second-order valence-electron chi connectivity index (χ2n) is 7.69. The summed E-state index contributed by atoms with van der Waals surface area (Å²) in [6, 6.07) is 6.66. The zero-order valence-corrected chi connectivity index (χ0v) is 16.9. The van der Waals surface area contributed by atoms with Gasteiger partial charge in [0.15, 0.2) is 0 Å². The molecule has 2 N–H and O–H groups in total. The average molecular weight is 404 g/mol. The molecule has 1 heterocycles. The van der Waals surface area contributed by atoms with Gasteiger partial charge in [0, 0.05) is 35.9 Å². The molecule has 1 aliphatic heterocycles. The van der Waals surface area contributed by atoms with Crippen molar-refractivity contribution in [3.05, 3.63) is 34.9 Å². The van der Waals surface area contributed by atoms with Gasteiger partial charge in [-0.1, -0.05) is 23.7 Å². The van der Waals surface area contributed by atoms with Gasteiger partial charge in [-0.3, -0.25) is 0 Å². The van der Waals surface area contributed by atoms with Gasteiger partial charge in [-0.05, 0) is 44.9 Å². The summed E-state index contributed by atoms with van der Waals surface area (Å²) in [6.45, 7) is 5.53. The Morgan fingerprint density at radius 3 is 2.46 bits per heavy atom. The fraction of sp³-hybridized carbons (Fsp3) is 0.632. The van der Waals surface area contributed by atoms with Crippen LogP contribution in [0.1, 0.15) is 38.7 Å². The zero-order chi connectivity index (χ0) is 19.5. The van der Waals surface area contributed by atoms with Gasteiger partial charge in [0.25, 0.3) is 0 Å². The smallest absolute Gasteiger partial charge is 0.410 e. The minimum absolute atomic E-state index is 0.166. The largest absolute Gasteiger partial charge is 0.444 e. The molecule has 1 amide bonds. The van der Waals surface area contributed by atoms with E-state index in [1.54, 1.807) is 32.9 Å². The number of hydrogen-bond acceptors (Lipinski definition) is 4. The zero-order valence-electron chi connectivity index (χ0n) is 15.4. The second-order valence-corrected chi connectivity index (χ2v) is 8.51. The summed E-state index contributed by atoms with van der Waals surface area (Å²) >= 11 is 11.8. The van der Waals surface area contributed by atoms with Gasteiger partial charge < -0.3 is 19.8 Å². The highest BCUT2D eigenvalue weighted by Crippen LogP contribution is 2.37. The summed E-state index contributed by atoms with van der Waals surface area (Å²) in [5, 5.41) is 21.4. The van der Waals surface area contributed by atoms with Gasteiger partial charge in [-0.15, -0.1) is 11.6 Å². The first-order valence-corrected chi connectivity index (χ1v) is 9.69. The predicted octanol–water partition coefficient (Wildman–Crippen LogP) is 3.64. The van der Waals surface area contributed by atoms with Crippen molar-refractivity contribution in [3.63, 3.8) is 0 Å². The molecule has 1 aromatic rings. The number of carbonyl (C=O) groups is 1. The molecule has 5 nitrogen and oxygen atoms in total. The van der Waals surface area contributed by atoms with E-state index in [1.807, 2.05) is 12.1 Å². The number of benzene rings is 1. The van der Waals surface area contributed by atoms with Gasteiger partial charge in [-0.25, -0.2) is 4.79 Å². The van der Waals surface area contributed by atoms with Gasteiger partial charge in [0.1, 0.15) is 5.60 Å². The minimum Gasteiger partial charge on any atom is -0.444 e. The van der Waals surface area contributed by atoms with Crippen molar-refractivity contribution in [1.82, 2.24) is 4.90 Å². The molecule has 1 aromatic carbocycles. The molecule has 0 radical (unpaired) electrons. The summed E-state index contributed by atoms with van der Waals surface area (Å²) in [6.07, 6.45) is -0.832. The molecule has 0 aliphatic carbocycles. The Bertz CT molecular complexity index is 603. The highest BCUT2D eigenvalue weighted by Gasteiger charge is 2.48. The number of hydrogen-bond donors (Lipinski definition) is 2. The van der Waals surface area contributed by atoms with Crippen LogP contribution in [-0.2, 0) is 4.74 Å². The van der Waals surface area contributed by atoms with Gasteiger partial charge >= 0.3 is 6.09 Å². The summed E-state index contributed by atoms with van der Waals surface area (Å²) in [4.78, 5) is 14.3. The standard InChI is InChI=1S/C19H27Cl2NO4/c1-19(2,3)26-18(25)22-10-15(12-4-6-14(21)7-5-12)17(24)16(22)13(11-23)8-9-20/h4-7,13,15-17,23-24H,8-11H2,1-3H3/t13-,15+,16?,17+/m0/s1. The van der Waals surface area contributed by atoms with Crippen molar-refractivity contribution in [3.8, 4) is 0 Å². The van der Waals surface area contributed by atoms with Gasteiger partial charge in [-0.2, -0.15) is 0 Å². The van der Waals surface area contributed by atoms with Crippen molar-refractivity contribution < 1.29 is 19.7 Å². The van der Waals surface area contributed by atoms with Crippen LogP contribution >= 0.6 is 23.2 Å². The maximum absolute atomic E-state index is 12.7. The summed E-state index contributed by atoms with van der Waals surface area (Å²) in [5.74, 6) is -0.274. The number of aliphatic hydroxyl groups is 2. The maximum atomic E-state index is 12.7. The molecule has 0 aromatic heterocycles. The fourth-order valence-corrected chi connectivity index (χ4v) is 3.84. The van der Waals surface area contributed by atoms with E-state index in [9.17, 15) is 15.0 Å². The molecule has 1 fully saturated rings. The number of halogens is 2. The monoisotopic (exact) mass is 403 g/mol. The number of likely N-dealkylation sites (tertiary alicyclic amines) is 1. The first-order valence-electron chi connectivity index (χ1n) is 8.78. The number of aliphatic hydroxyl groups excluding tert-OH is 2. The molecular weight excluding hydrogens is 377 g/mol. The van der Waals surface area contributed by atoms with Crippen molar-refractivity contribution in [2.45, 2.75) is 50.9 Å². The lowest BCUT2D eigenvalue weighted by Crippen LogP contribution is -2.47. The predicted molar refractivity (Wildman–Crippen MR) is 103 cm³/mol. The van der Waals surface area contributed by atoms with Gasteiger partial charge in [0.05, 0.1) is 12.1 Å². The summed E-state index contributed by atoms with van der Waals surface area (Å²) in [7, 11) is 0. The molecule has 1 unspecified atom stereocenters. The highest BCUT2D eigenvalue weighted by molar-refractivity contribution is 6.30. The molecule has 7 heteroatoms. The van der Waals surface area contributed by atoms with E-state index >= 15 is 0 Å². The number of ether oxygens (including phenoxy) is 1. The lowest BCUT2D eigenvalue weighted by Gasteiger charge is -2.33. The van der Waals surface area contributed by atoms with Crippen LogP contribution in [0, 0.1) is 5.92 Å². The molecule has 0 spiro atoms. The molecule has 2 rings (SSSR count). The lowest BCUT2D eigenvalue weighted by molar-refractivity contribution is -0.000494. The number of amides is 1. The summed E-state index contributed by atoms with van der Waals surface area (Å²) < 4.78 is 5.52. The van der Waals surface area contributed by atoms with E-state index in [2.05, 4.69) is 0 Å². The molecule has 26 heavy (non-hydrogen) atoms. The third kappa shape index (κ3) is 5.03. The first-order chi connectivity index (χ1) is 12.2. The van der Waals surface area contributed by atoms with E-state index in [0.29, 0.717) is 23.9 Å². The van der Waals surface area contributed by atoms with Crippen molar-refractivity contribution in [2.24, 2.45) is 5.92 Å². The topological polar surface area (TPSA) is 70.0 Å². The van der Waals surface area contributed by atoms with Crippen LogP contribution in [0.3, 0.4) is 0 Å². The Morgan fingerprint density at radius 1 is 1.35 bits per heavy atom. The molecule has 4 atom stereocenters. The van der Waals surface area contributed by atoms with E-state index in [4.69, 9.17) is 27.9 Å². The van der Waals surface area contributed by atoms with E-state index < -0.39 is 23.8 Å². The Balaban J connectivity index is 2.32. The SMILES string of the molecule is CC(C)(C)OC(=O)N1C[C@H](c2ccc(Cl)cc2)[C@@H](O)C1[C@H](CO)CCCl. The molecule has 146 valence electrons. The molecular formula is C19H27Cl2NO4. The third-order valence-corrected chi connectivity index (χ3v) is 5.11. The Morgan fingerprint density at radius 2 is 1.96 bits per heavy atom. The highest BCUT2D eigenvalue weighted by atomic mass is 35.5. The van der Waals surface area contributed by atoms with E-state index in [0.717, 1.165) is 5.56 Å². The number of carbonyl (C=O) groups excluding carboxylic acids is 1. The van der Waals surface area contributed by atoms with Crippen LogP contribution < -0.4 is 0 Å². The number of rotatable bonds is 5. The quantitative estimate of drug-likeness (QED) is 0.736. The van der Waals surface area contributed by atoms with E-state index in [1.165, 1.54) is 4.90 Å². The van der Waals surface area contributed by atoms with Crippen molar-refractivity contribution in [2.75, 3.05) is 19.0 Å².